The van der Waals surface area contributed by atoms with Crippen LogP contribution in [-0.4, -0.2) is 12.5 Å². The normalized spacial score (nSPS) is 10.5. The van der Waals surface area contributed by atoms with Crippen molar-refractivity contribution >= 4 is 11.6 Å². The number of hydrogen-bond donors (Lipinski definition) is 2. The molecule has 0 bridgehead atoms. The SMILES string of the molecule is CCN(Cc1cc(C)c(C(=O)NN)o1)c1ccccc1C. The van der Waals surface area contributed by atoms with Gasteiger partial charge in [0.15, 0.2) is 5.76 Å². The third-order valence-corrected chi connectivity index (χ3v) is 3.49. The summed E-state index contributed by atoms with van der Waals surface area (Å²) in [5.74, 6) is 5.76. The van der Waals surface area contributed by atoms with E-state index in [1.165, 1.54) is 11.3 Å². The Morgan fingerprint density at radius 2 is 2.00 bits per heavy atom. The largest absolute Gasteiger partial charge is 0.454 e. The molecular weight excluding hydrogens is 266 g/mol. The highest BCUT2D eigenvalue weighted by Gasteiger charge is 2.16. The van der Waals surface area contributed by atoms with E-state index in [0.29, 0.717) is 6.54 Å². The van der Waals surface area contributed by atoms with Crippen molar-refractivity contribution in [3.05, 3.63) is 53.0 Å². The Balaban J connectivity index is 2.24. The van der Waals surface area contributed by atoms with Crippen LogP contribution in [0.4, 0.5) is 5.69 Å². The van der Waals surface area contributed by atoms with Gasteiger partial charge in [0.25, 0.3) is 0 Å². The quantitative estimate of drug-likeness (QED) is 0.503. The zero-order chi connectivity index (χ0) is 15.4. The number of amides is 1. The molecule has 0 aliphatic carbocycles. The molecule has 2 rings (SSSR count). The van der Waals surface area contributed by atoms with Crippen LogP contribution in [-0.2, 0) is 6.54 Å². The van der Waals surface area contributed by atoms with Crippen LogP contribution in [0.15, 0.2) is 34.7 Å². The Morgan fingerprint density at radius 3 is 2.62 bits per heavy atom. The molecule has 0 saturated heterocycles. The van der Waals surface area contributed by atoms with E-state index in [0.717, 1.165) is 17.9 Å². The monoisotopic (exact) mass is 287 g/mol. The molecule has 1 aromatic heterocycles. The number of furan rings is 1. The number of aryl methyl sites for hydroxylation is 2. The van der Waals surface area contributed by atoms with Crippen molar-refractivity contribution < 1.29 is 9.21 Å². The number of para-hydroxylation sites is 1. The van der Waals surface area contributed by atoms with Crippen LogP contribution in [0.5, 0.6) is 0 Å². The number of benzene rings is 1. The van der Waals surface area contributed by atoms with E-state index in [2.05, 4.69) is 36.3 Å². The second-order valence-electron chi connectivity index (χ2n) is 5.00. The number of hydrazine groups is 1. The molecule has 0 saturated carbocycles. The van der Waals surface area contributed by atoms with Crippen LogP contribution in [0.1, 0.15) is 34.4 Å². The van der Waals surface area contributed by atoms with Crippen molar-refractivity contribution in [3.63, 3.8) is 0 Å². The van der Waals surface area contributed by atoms with Crippen LogP contribution < -0.4 is 16.2 Å². The summed E-state index contributed by atoms with van der Waals surface area (Å²) in [5.41, 5.74) is 5.26. The molecule has 0 unspecified atom stereocenters. The number of rotatable bonds is 5. The van der Waals surface area contributed by atoms with Gasteiger partial charge >= 0.3 is 5.91 Å². The van der Waals surface area contributed by atoms with Crippen LogP contribution in [0.3, 0.4) is 0 Å². The summed E-state index contributed by atoms with van der Waals surface area (Å²) in [7, 11) is 0. The van der Waals surface area contributed by atoms with E-state index >= 15 is 0 Å². The molecule has 0 radical (unpaired) electrons. The molecule has 5 nitrogen and oxygen atoms in total. The van der Waals surface area contributed by atoms with Gasteiger partial charge in [-0.25, -0.2) is 5.84 Å². The average Bonchev–Trinajstić information content (AvgIpc) is 2.85. The Hall–Kier alpha value is -2.27. The predicted octanol–water partition coefficient (Wildman–Crippen LogP) is 2.53. The maximum atomic E-state index is 11.6. The van der Waals surface area contributed by atoms with Gasteiger partial charge in [0, 0.05) is 17.8 Å². The molecule has 3 N–H and O–H groups in total. The van der Waals surface area contributed by atoms with E-state index < -0.39 is 5.91 Å². The van der Waals surface area contributed by atoms with Gasteiger partial charge in [0.05, 0.1) is 6.54 Å². The summed E-state index contributed by atoms with van der Waals surface area (Å²) in [5, 5.41) is 0. The topological polar surface area (TPSA) is 71.5 Å². The lowest BCUT2D eigenvalue weighted by atomic mass is 10.1. The maximum absolute atomic E-state index is 11.6. The minimum absolute atomic E-state index is 0.272. The molecule has 112 valence electrons. The Morgan fingerprint density at radius 1 is 1.29 bits per heavy atom. The number of nitrogens with two attached hydrogens (primary N) is 1. The number of anilines is 1. The summed E-state index contributed by atoms with van der Waals surface area (Å²) in [4.78, 5) is 13.8. The number of hydrogen-bond acceptors (Lipinski definition) is 4. The number of nitrogens with one attached hydrogen (secondary N) is 1. The third kappa shape index (κ3) is 3.25. The zero-order valence-electron chi connectivity index (χ0n) is 12.6. The fraction of sp³-hybridized carbons (Fsp3) is 0.312. The van der Waals surface area contributed by atoms with Crippen LogP contribution in [0.25, 0.3) is 0 Å². The lowest BCUT2D eigenvalue weighted by Gasteiger charge is -2.23. The van der Waals surface area contributed by atoms with E-state index in [1.807, 2.05) is 25.1 Å². The van der Waals surface area contributed by atoms with Crippen molar-refractivity contribution in [3.8, 4) is 0 Å². The maximum Gasteiger partial charge on any atom is 0.301 e. The highest BCUT2D eigenvalue weighted by Crippen LogP contribution is 2.23. The number of nitrogen functional groups attached to an aromatic ring is 1. The molecule has 2 aromatic rings. The van der Waals surface area contributed by atoms with Gasteiger partial charge in [-0.3, -0.25) is 10.2 Å². The van der Waals surface area contributed by atoms with E-state index in [1.54, 1.807) is 0 Å². The van der Waals surface area contributed by atoms with Crippen molar-refractivity contribution in [2.24, 2.45) is 5.84 Å². The summed E-state index contributed by atoms with van der Waals surface area (Å²) < 4.78 is 5.63. The standard InChI is InChI=1S/C16H21N3O2/c1-4-19(14-8-6-5-7-11(14)2)10-13-9-12(3)15(21-13)16(20)18-17/h5-9H,4,10,17H2,1-3H3,(H,18,20). The molecule has 0 fully saturated rings. The number of carbonyl (C=O) groups excluding carboxylic acids is 1. The van der Waals surface area contributed by atoms with Crippen molar-refractivity contribution in [2.45, 2.75) is 27.3 Å². The molecular formula is C16H21N3O2. The first-order valence-corrected chi connectivity index (χ1v) is 6.97. The first kappa shape index (κ1) is 15.1. The van der Waals surface area contributed by atoms with Crippen LogP contribution in [0, 0.1) is 13.8 Å². The zero-order valence-corrected chi connectivity index (χ0v) is 12.6. The van der Waals surface area contributed by atoms with Gasteiger partial charge in [0.2, 0.25) is 0 Å². The van der Waals surface area contributed by atoms with Crippen molar-refractivity contribution in [2.75, 3.05) is 11.4 Å². The van der Waals surface area contributed by atoms with Crippen molar-refractivity contribution in [1.82, 2.24) is 5.43 Å². The molecule has 0 spiro atoms. The molecule has 1 amide bonds. The fourth-order valence-corrected chi connectivity index (χ4v) is 2.39. The molecule has 1 aromatic carbocycles. The molecule has 21 heavy (non-hydrogen) atoms. The van der Waals surface area contributed by atoms with Gasteiger partial charge in [-0.05, 0) is 38.5 Å². The van der Waals surface area contributed by atoms with Gasteiger partial charge in [-0.2, -0.15) is 0 Å². The van der Waals surface area contributed by atoms with E-state index in [4.69, 9.17) is 10.3 Å². The lowest BCUT2D eigenvalue weighted by Crippen LogP contribution is -2.30. The molecule has 0 atom stereocenters. The van der Waals surface area contributed by atoms with Crippen LogP contribution in [0.2, 0.25) is 0 Å². The van der Waals surface area contributed by atoms with Gasteiger partial charge in [-0.15, -0.1) is 0 Å². The van der Waals surface area contributed by atoms with E-state index in [-0.39, 0.29) is 5.76 Å². The van der Waals surface area contributed by atoms with Crippen LogP contribution >= 0.6 is 0 Å². The minimum Gasteiger partial charge on any atom is -0.454 e. The summed E-state index contributed by atoms with van der Waals surface area (Å²) in [6, 6.07) is 10.1. The van der Waals surface area contributed by atoms with Gasteiger partial charge in [0.1, 0.15) is 5.76 Å². The second kappa shape index (κ2) is 6.45. The second-order valence-corrected chi connectivity index (χ2v) is 5.00. The summed E-state index contributed by atoms with van der Waals surface area (Å²) >= 11 is 0. The van der Waals surface area contributed by atoms with Crippen molar-refractivity contribution in [1.29, 1.82) is 0 Å². The van der Waals surface area contributed by atoms with Gasteiger partial charge in [-0.1, -0.05) is 18.2 Å². The predicted molar refractivity (Wildman–Crippen MR) is 83.0 cm³/mol. The highest BCUT2D eigenvalue weighted by atomic mass is 16.4. The summed E-state index contributed by atoms with van der Waals surface area (Å²) in [6.45, 7) is 7.47. The lowest BCUT2D eigenvalue weighted by molar-refractivity contribution is 0.0923. The molecule has 5 heteroatoms. The Kier molecular flexibility index (Phi) is 4.65. The molecule has 0 aliphatic rings. The smallest absolute Gasteiger partial charge is 0.301 e. The first-order valence-electron chi connectivity index (χ1n) is 6.97. The highest BCUT2D eigenvalue weighted by molar-refractivity contribution is 5.92. The fourth-order valence-electron chi connectivity index (χ4n) is 2.39. The summed E-state index contributed by atoms with van der Waals surface area (Å²) in [6.07, 6.45) is 0. The molecule has 0 aliphatic heterocycles. The Labute approximate surface area is 124 Å². The Bertz CT molecular complexity index is 634. The number of carbonyl (C=O) groups is 1. The molecule has 1 heterocycles. The van der Waals surface area contributed by atoms with Gasteiger partial charge < -0.3 is 9.32 Å². The first-order chi connectivity index (χ1) is 10.1. The number of nitrogens with zero attached hydrogens (tertiary/aromatic N) is 1. The average molecular weight is 287 g/mol. The van der Waals surface area contributed by atoms with E-state index in [9.17, 15) is 4.79 Å². The minimum atomic E-state index is -0.405. The third-order valence-electron chi connectivity index (χ3n) is 3.49.